The van der Waals surface area contributed by atoms with Crippen LogP contribution in [0.3, 0.4) is 0 Å². The monoisotopic (exact) mass is 316 g/mol. The summed E-state index contributed by atoms with van der Waals surface area (Å²) >= 11 is 1.71. The zero-order chi connectivity index (χ0) is 14.8. The smallest absolute Gasteiger partial charge is 0.212 e. The van der Waals surface area contributed by atoms with Crippen LogP contribution >= 0.6 is 11.3 Å². The third-order valence-electron chi connectivity index (χ3n) is 3.76. The number of hydrogen-bond acceptors (Lipinski definition) is 4. The van der Waals surface area contributed by atoms with E-state index in [9.17, 15) is 8.42 Å². The van der Waals surface area contributed by atoms with Crippen molar-refractivity contribution in [3.05, 3.63) is 21.4 Å². The van der Waals surface area contributed by atoms with Gasteiger partial charge in [0.1, 0.15) is 0 Å². The Balaban J connectivity index is 1.98. The molecule has 4 nitrogen and oxygen atoms in total. The van der Waals surface area contributed by atoms with Crippen LogP contribution in [0.4, 0.5) is 0 Å². The SMILES string of the molecule is Cc1cc(C(C)NS(=O)(=O)CC2CCCNC2)c(C)s1. The van der Waals surface area contributed by atoms with E-state index in [1.54, 1.807) is 11.3 Å². The number of rotatable bonds is 5. The molecule has 0 spiro atoms. The molecule has 2 unspecified atom stereocenters. The van der Waals surface area contributed by atoms with Crippen molar-refractivity contribution in [1.29, 1.82) is 0 Å². The van der Waals surface area contributed by atoms with Gasteiger partial charge < -0.3 is 5.32 Å². The number of aryl methyl sites for hydroxylation is 2. The predicted molar refractivity (Wildman–Crippen MR) is 84.7 cm³/mol. The van der Waals surface area contributed by atoms with Gasteiger partial charge in [0, 0.05) is 15.8 Å². The Kier molecular flexibility index (Phi) is 5.23. The van der Waals surface area contributed by atoms with Gasteiger partial charge in [0.25, 0.3) is 0 Å². The molecule has 1 aromatic rings. The van der Waals surface area contributed by atoms with Gasteiger partial charge in [0.15, 0.2) is 0 Å². The molecular weight excluding hydrogens is 292 g/mol. The van der Waals surface area contributed by atoms with Crippen LogP contribution in [-0.4, -0.2) is 27.3 Å². The molecule has 2 heterocycles. The van der Waals surface area contributed by atoms with E-state index in [-0.39, 0.29) is 17.7 Å². The lowest BCUT2D eigenvalue weighted by atomic mass is 10.0. The molecule has 1 aliphatic rings. The molecule has 1 aliphatic heterocycles. The first-order chi connectivity index (χ1) is 9.37. The third-order valence-corrected chi connectivity index (χ3v) is 6.36. The molecule has 0 amide bonds. The number of thiophene rings is 1. The lowest BCUT2D eigenvalue weighted by molar-refractivity contribution is 0.402. The molecule has 2 rings (SSSR count). The molecule has 2 N–H and O–H groups in total. The second-order valence-electron chi connectivity index (χ2n) is 5.70. The summed E-state index contributed by atoms with van der Waals surface area (Å²) in [4.78, 5) is 2.41. The lowest BCUT2D eigenvalue weighted by Gasteiger charge is -2.23. The topological polar surface area (TPSA) is 58.2 Å². The Bertz CT molecular complexity index is 546. The van der Waals surface area contributed by atoms with Crippen molar-refractivity contribution in [2.24, 2.45) is 5.92 Å². The Labute approximate surface area is 126 Å². The van der Waals surface area contributed by atoms with Gasteiger partial charge in [-0.05, 0) is 64.3 Å². The number of sulfonamides is 1. The molecule has 6 heteroatoms. The van der Waals surface area contributed by atoms with E-state index in [2.05, 4.69) is 23.0 Å². The van der Waals surface area contributed by atoms with Gasteiger partial charge in [-0.1, -0.05) is 0 Å². The number of piperidine rings is 1. The molecule has 0 bridgehead atoms. The highest BCUT2D eigenvalue weighted by Crippen LogP contribution is 2.26. The number of hydrogen-bond donors (Lipinski definition) is 2. The van der Waals surface area contributed by atoms with Gasteiger partial charge in [-0.25, -0.2) is 13.1 Å². The fourth-order valence-electron chi connectivity index (χ4n) is 2.84. The molecule has 1 aromatic heterocycles. The minimum absolute atomic E-state index is 0.151. The highest BCUT2D eigenvalue weighted by atomic mass is 32.2. The van der Waals surface area contributed by atoms with E-state index in [0.29, 0.717) is 0 Å². The van der Waals surface area contributed by atoms with Crippen molar-refractivity contribution >= 4 is 21.4 Å². The Morgan fingerprint density at radius 2 is 2.25 bits per heavy atom. The fraction of sp³-hybridized carbons (Fsp3) is 0.714. The standard InChI is InChI=1S/C14H24N2O2S2/c1-10-7-14(12(3)19-10)11(2)16-20(17,18)9-13-5-4-6-15-8-13/h7,11,13,15-16H,4-6,8-9H2,1-3H3. The van der Waals surface area contributed by atoms with Crippen LogP contribution in [0.2, 0.25) is 0 Å². The van der Waals surface area contributed by atoms with Crippen molar-refractivity contribution in [3.8, 4) is 0 Å². The zero-order valence-corrected chi connectivity index (χ0v) is 14.0. The molecule has 20 heavy (non-hydrogen) atoms. The lowest BCUT2D eigenvalue weighted by Crippen LogP contribution is -2.38. The van der Waals surface area contributed by atoms with Crippen LogP contribution in [0.1, 0.15) is 41.1 Å². The molecular formula is C14H24N2O2S2. The summed E-state index contributed by atoms with van der Waals surface area (Å²) in [7, 11) is -3.22. The van der Waals surface area contributed by atoms with Crippen molar-refractivity contribution < 1.29 is 8.42 Å². The van der Waals surface area contributed by atoms with Crippen molar-refractivity contribution in [2.45, 2.75) is 39.7 Å². The molecule has 0 radical (unpaired) electrons. The maximum atomic E-state index is 12.3. The van der Waals surface area contributed by atoms with Gasteiger partial charge in [-0.15, -0.1) is 11.3 Å². The summed E-state index contributed by atoms with van der Waals surface area (Å²) in [6.45, 7) is 7.84. The molecule has 1 saturated heterocycles. The summed E-state index contributed by atoms with van der Waals surface area (Å²) in [6, 6.07) is 1.93. The van der Waals surface area contributed by atoms with Crippen LogP contribution in [0.25, 0.3) is 0 Å². The first kappa shape index (κ1) is 15.9. The van der Waals surface area contributed by atoms with Crippen LogP contribution in [-0.2, 0) is 10.0 Å². The van der Waals surface area contributed by atoms with E-state index in [1.165, 1.54) is 9.75 Å². The summed E-state index contributed by atoms with van der Waals surface area (Å²) in [5, 5.41) is 3.26. The summed E-state index contributed by atoms with van der Waals surface area (Å²) in [5.74, 6) is 0.464. The second-order valence-corrected chi connectivity index (χ2v) is 8.96. The minimum Gasteiger partial charge on any atom is -0.316 e. The maximum absolute atomic E-state index is 12.3. The van der Waals surface area contributed by atoms with Gasteiger partial charge in [0.2, 0.25) is 10.0 Å². The van der Waals surface area contributed by atoms with E-state index in [1.807, 2.05) is 13.8 Å². The van der Waals surface area contributed by atoms with Gasteiger partial charge >= 0.3 is 0 Å². The van der Waals surface area contributed by atoms with Gasteiger partial charge in [-0.2, -0.15) is 0 Å². The van der Waals surface area contributed by atoms with E-state index in [0.717, 1.165) is 31.5 Å². The normalized spacial score (nSPS) is 21.9. The molecule has 0 aliphatic carbocycles. The average molecular weight is 316 g/mol. The summed E-state index contributed by atoms with van der Waals surface area (Å²) in [5.41, 5.74) is 1.10. The summed E-state index contributed by atoms with van der Waals surface area (Å²) < 4.78 is 27.4. The molecule has 1 fully saturated rings. The minimum atomic E-state index is -3.22. The first-order valence-electron chi connectivity index (χ1n) is 7.15. The second kappa shape index (κ2) is 6.56. The van der Waals surface area contributed by atoms with Crippen LogP contribution < -0.4 is 10.0 Å². The predicted octanol–water partition coefficient (Wildman–Crippen LogP) is 2.34. The first-order valence-corrected chi connectivity index (χ1v) is 9.62. The Morgan fingerprint density at radius 1 is 1.50 bits per heavy atom. The number of nitrogens with one attached hydrogen (secondary N) is 2. The summed E-state index contributed by atoms with van der Waals surface area (Å²) in [6.07, 6.45) is 2.07. The van der Waals surface area contributed by atoms with Crippen molar-refractivity contribution in [3.63, 3.8) is 0 Å². The van der Waals surface area contributed by atoms with Crippen LogP contribution in [0, 0.1) is 19.8 Å². The van der Waals surface area contributed by atoms with E-state index in [4.69, 9.17) is 0 Å². The van der Waals surface area contributed by atoms with Crippen LogP contribution in [0.5, 0.6) is 0 Å². The Hall–Kier alpha value is -0.430. The van der Waals surface area contributed by atoms with Crippen molar-refractivity contribution in [1.82, 2.24) is 10.0 Å². The highest BCUT2D eigenvalue weighted by molar-refractivity contribution is 7.89. The quantitative estimate of drug-likeness (QED) is 0.876. The largest absolute Gasteiger partial charge is 0.316 e. The molecule has 0 saturated carbocycles. The van der Waals surface area contributed by atoms with Crippen molar-refractivity contribution in [2.75, 3.05) is 18.8 Å². The molecule has 114 valence electrons. The van der Waals surface area contributed by atoms with Crippen LogP contribution in [0.15, 0.2) is 6.07 Å². The highest BCUT2D eigenvalue weighted by Gasteiger charge is 2.23. The van der Waals surface area contributed by atoms with E-state index < -0.39 is 10.0 Å². The van der Waals surface area contributed by atoms with Gasteiger partial charge in [0.05, 0.1) is 5.75 Å². The molecule has 0 aromatic carbocycles. The third kappa shape index (κ3) is 4.28. The maximum Gasteiger partial charge on any atom is 0.212 e. The molecule has 2 atom stereocenters. The Morgan fingerprint density at radius 3 is 2.80 bits per heavy atom. The zero-order valence-electron chi connectivity index (χ0n) is 12.4. The average Bonchev–Trinajstić information content (AvgIpc) is 2.68. The van der Waals surface area contributed by atoms with Gasteiger partial charge in [-0.3, -0.25) is 0 Å². The fourth-order valence-corrected chi connectivity index (χ4v) is 5.53. The van der Waals surface area contributed by atoms with E-state index >= 15 is 0 Å².